The van der Waals surface area contributed by atoms with Gasteiger partial charge in [0.1, 0.15) is 6.04 Å². The van der Waals surface area contributed by atoms with Crippen LogP contribution in [-0.4, -0.2) is 43.7 Å². The molecule has 0 aliphatic heterocycles. The number of benzene rings is 3. The Hall–Kier alpha value is -3.58. The summed E-state index contributed by atoms with van der Waals surface area (Å²) >= 11 is 1.58. The third kappa shape index (κ3) is 7.55. The second-order valence-corrected chi connectivity index (χ2v) is 14.2. The molecule has 232 valence electrons. The third-order valence-corrected chi connectivity index (χ3v) is 9.79. The standard InChI is InChI=1S/C37H45N3O3S/c1-37(2,3)33(35(42)43)40-31-23-14-13-22-30(31)38-36(40)44-25-15-24-39(26-27-16-7-4-8-17-27)34(41)32(28-18-9-5-10-19-28)29-20-11-6-12-21-29/h4-5,7-10,13-14,16-19,22-23,29,32-33H,6,11-12,15,20-21,24-26H2,1-3H3,(H,42,43). The van der Waals surface area contributed by atoms with E-state index >= 15 is 0 Å². The number of rotatable bonds is 12. The molecule has 1 N–H and O–H groups in total. The van der Waals surface area contributed by atoms with Crippen molar-refractivity contribution in [3.8, 4) is 0 Å². The molecule has 2 unspecified atom stereocenters. The van der Waals surface area contributed by atoms with Gasteiger partial charge in [0.2, 0.25) is 5.91 Å². The largest absolute Gasteiger partial charge is 0.480 e. The highest BCUT2D eigenvalue weighted by atomic mass is 32.2. The first-order valence-electron chi connectivity index (χ1n) is 15.9. The molecule has 1 amide bonds. The van der Waals surface area contributed by atoms with E-state index in [2.05, 4.69) is 29.2 Å². The molecule has 0 spiro atoms. The molecule has 2 atom stereocenters. The highest BCUT2D eigenvalue weighted by Crippen LogP contribution is 2.39. The van der Waals surface area contributed by atoms with Crippen LogP contribution in [0, 0.1) is 11.3 Å². The maximum atomic E-state index is 14.5. The minimum absolute atomic E-state index is 0.139. The van der Waals surface area contributed by atoms with E-state index in [1.54, 1.807) is 11.8 Å². The number of amides is 1. The fourth-order valence-corrected chi connectivity index (χ4v) is 7.63. The molecule has 0 saturated heterocycles. The second kappa shape index (κ2) is 14.5. The molecule has 44 heavy (non-hydrogen) atoms. The normalized spacial score (nSPS) is 15.6. The van der Waals surface area contributed by atoms with Crippen LogP contribution >= 0.6 is 11.8 Å². The number of carboxylic acids is 1. The lowest BCUT2D eigenvalue weighted by molar-refractivity contribution is -0.144. The predicted molar refractivity (Wildman–Crippen MR) is 179 cm³/mol. The highest BCUT2D eigenvalue weighted by Gasteiger charge is 2.36. The van der Waals surface area contributed by atoms with Crippen molar-refractivity contribution in [3.05, 3.63) is 96.1 Å². The van der Waals surface area contributed by atoms with Crippen molar-refractivity contribution in [2.75, 3.05) is 12.3 Å². The van der Waals surface area contributed by atoms with Crippen LogP contribution < -0.4 is 0 Å². The van der Waals surface area contributed by atoms with Gasteiger partial charge in [-0.05, 0) is 53.9 Å². The zero-order valence-electron chi connectivity index (χ0n) is 26.2. The number of fused-ring (bicyclic) bond motifs is 1. The summed E-state index contributed by atoms with van der Waals surface area (Å²) in [6.07, 6.45) is 6.57. The maximum Gasteiger partial charge on any atom is 0.327 e. The summed E-state index contributed by atoms with van der Waals surface area (Å²) in [4.78, 5) is 33.9. The zero-order valence-corrected chi connectivity index (χ0v) is 27.0. The van der Waals surface area contributed by atoms with Crippen LogP contribution in [0.1, 0.15) is 82.4 Å². The molecule has 6 nitrogen and oxygen atoms in total. The van der Waals surface area contributed by atoms with Gasteiger partial charge in [-0.1, -0.05) is 125 Å². The van der Waals surface area contributed by atoms with Gasteiger partial charge in [-0.25, -0.2) is 9.78 Å². The number of aromatic nitrogens is 2. The first-order valence-corrected chi connectivity index (χ1v) is 16.9. The van der Waals surface area contributed by atoms with E-state index < -0.39 is 17.4 Å². The topological polar surface area (TPSA) is 75.4 Å². The van der Waals surface area contributed by atoms with E-state index in [-0.39, 0.29) is 11.8 Å². The monoisotopic (exact) mass is 611 g/mol. The van der Waals surface area contributed by atoms with Crippen LogP contribution in [0.2, 0.25) is 0 Å². The molecule has 1 heterocycles. The van der Waals surface area contributed by atoms with E-state index in [0.29, 0.717) is 24.2 Å². The number of thioether (sulfide) groups is 1. The SMILES string of the molecule is CC(C)(C)C(C(=O)O)n1c(SCCCN(Cc2ccccc2)C(=O)C(c2ccccc2)C2CCCCC2)nc2ccccc21. The van der Waals surface area contributed by atoms with E-state index in [1.165, 1.54) is 19.3 Å². The van der Waals surface area contributed by atoms with Crippen molar-refractivity contribution in [3.63, 3.8) is 0 Å². The van der Waals surface area contributed by atoms with Crippen molar-refractivity contribution in [1.82, 2.24) is 14.5 Å². The molecule has 7 heteroatoms. The fourth-order valence-electron chi connectivity index (χ4n) is 6.67. The van der Waals surface area contributed by atoms with Crippen molar-refractivity contribution < 1.29 is 14.7 Å². The number of aliphatic carboxylic acids is 1. The number of nitrogens with zero attached hydrogens (tertiary/aromatic N) is 3. The summed E-state index contributed by atoms with van der Waals surface area (Å²) in [5, 5.41) is 11.0. The van der Waals surface area contributed by atoms with E-state index in [1.807, 2.05) is 86.0 Å². The van der Waals surface area contributed by atoms with Gasteiger partial charge in [0, 0.05) is 18.8 Å². The second-order valence-electron chi connectivity index (χ2n) is 13.1. The van der Waals surface area contributed by atoms with Gasteiger partial charge in [0.15, 0.2) is 5.16 Å². The first-order chi connectivity index (χ1) is 21.2. The Morgan fingerprint density at radius 1 is 0.932 bits per heavy atom. The molecule has 0 radical (unpaired) electrons. The Morgan fingerprint density at radius 2 is 1.57 bits per heavy atom. The van der Waals surface area contributed by atoms with Crippen molar-refractivity contribution >= 4 is 34.7 Å². The minimum Gasteiger partial charge on any atom is -0.480 e. The van der Waals surface area contributed by atoms with Gasteiger partial charge >= 0.3 is 5.97 Å². The summed E-state index contributed by atoms with van der Waals surface area (Å²) < 4.78 is 1.89. The summed E-state index contributed by atoms with van der Waals surface area (Å²) in [5.74, 6) is 0.286. The van der Waals surface area contributed by atoms with Crippen LogP contribution in [0.25, 0.3) is 11.0 Å². The molecule has 5 rings (SSSR count). The molecule has 4 aromatic rings. The van der Waals surface area contributed by atoms with E-state index in [4.69, 9.17) is 4.98 Å². The lowest BCUT2D eigenvalue weighted by atomic mass is 9.76. The molecule has 1 aliphatic rings. The number of carbonyl (C=O) groups is 2. The number of carbonyl (C=O) groups excluding carboxylic acids is 1. The Labute approximate surface area is 265 Å². The summed E-state index contributed by atoms with van der Waals surface area (Å²) in [6, 6.07) is 27.6. The van der Waals surface area contributed by atoms with Gasteiger partial charge < -0.3 is 14.6 Å². The summed E-state index contributed by atoms with van der Waals surface area (Å²) in [7, 11) is 0. The minimum atomic E-state index is -0.864. The summed E-state index contributed by atoms with van der Waals surface area (Å²) in [6.45, 7) is 7.06. The predicted octanol–water partition coefficient (Wildman–Crippen LogP) is 8.58. The number of hydrogen-bond acceptors (Lipinski definition) is 4. The molecule has 0 bridgehead atoms. The molecule has 1 fully saturated rings. The van der Waals surface area contributed by atoms with Gasteiger partial charge in [-0.15, -0.1) is 0 Å². The molecule has 1 saturated carbocycles. The van der Waals surface area contributed by atoms with Gasteiger partial charge in [0.25, 0.3) is 0 Å². The van der Waals surface area contributed by atoms with Crippen LogP contribution in [-0.2, 0) is 16.1 Å². The lowest BCUT2D eigenvalue weighted by Gasteiger charge is -2.34. The lowest BCUT2D eigenvalue weighted by Crippen LogP contribution is -2.39. The quantitative estimate of drug-likeness (QED) is 0.128. The third-order valence-electron chi connectivity index (χ3n) is 8.75. The Balaban J connectivity index is 1.37. The van der Waals surface area contributed by atoms with Crippen LogP contribution in [0.15, 0.2) is 90.1 Å². The molecule has 3 aromatic carbocycles. The average Bonchev–Trinajstić information content (AvgIpc) is 3.37. The molecular weight excluding hydrogens is 566 g/mol. The Kier molecular flexibility index (Phi) is 10.5. The number of carboxylic acid groups (broad SMARTS) is 1. The van der Waals surface area contributed by atoms with Crippen molar-refractivity contribution in [2.24, 2.45) is 11.3 Å². The Morgan fingerprint density at radius 3 is 2.23 bits per heavy atom. The van der Waals surface area contributed by atoms with Crippen molar-refractivity contribution in [1.29, 1.82) is 0 Å². The Bertz CT molecular complexity index is 1520. The van der Waals surface area contributed by atoms with Crippen LogP contribution in [0.4, 0.5) is 0 Å². The van der Waals surface area contributed by atoms with E-state index in [9.17, 15) is 14.7 Å². The number of hydrogen-bond donors (Lipinski definition) is 1. The van der Waals surface area contributed by atoms with Gasteiger partial charge in [-0.3, -0.25) is 4.79 Å². The van der Waals surface area contributed by atoms with Crippen LogP contribution in [0.5, 0.6) is 0 Å². The number of para-hydroxylation sites is 2. The van der Waals surface area contributed by atoms with E-state index in [0.717, 1.165) is 47.2 Å². The van der Waals surface area contributed by atoms with Gasteiger partial charge in [-0.2, -0.15) is 0 Å². The summed E-state index contributed by atoms with van der Waals surface area (Å²) in [5.41, 5.74) is 3.36. The first kappa shape index (κ1) is 31.8. The molecule has 1 aromatic heterocycles. The van der Waals surface area contributed by atoms with Gasteiger partial charge in [0.05, 0.1) is 17.0 Å². The fraction of sp³-hybridized carbons (Fsp3) is 0.432. The van der Waals surface area contributed by atoms with Crippen LogP contribution in [0.3, 0.4) is 0 Å². The highest BCUT2D eigenvalue weighted by molar-refractivity contribution is 7.99. The average molecular weight is 612 g/mol. The molecule has 1 aliphatic carbocycles. The number of imidazole rings is 1. The maximum absolute atomic E-state index is 14.5. The molecular formula is C37H45N3O3S. The zero-order chi connectivity index (χ0) is 31.1. The van der Waals surface area contributed by atoms with Crippen molar-refractivity contribution in [2.45, 2.75) is 83.0 Å². The smallest absolute Gasteiger partial charge is 0.327 e.